The molecule has 7 nitrogen and oxygen atoms in total. The van der Waals surface area contributed by atoms with Crippen LogP contribution in [0.15, 0.2) is 70.5 Å². The molecule has 4 rings (SSSR count). The maximum absolute atomic E-state index is 13.0. The molecule has 1 aromatic carbocycles. The molecule has 1 saturated heterocycles. The van der Waals surface area contributed by atoms with Crippen molar-refractivity contribution >= 4 is 15.8 Å². The molecule has 170 valence electrons. The van der Waals surface area contributed by atoms with E-state index in [1.54, 1.807) is 43.0 Å². The van der Waals surface area contributed by atoms with Gasteiger partial charge in [0.25, 0.3) is 0 Å². The van der Waals surface area contributed by atoms with Crippen LogP contribution < -0.4 is 4.90 Å². The Labute approximate surface area is 190 Å². The average molecular weight is 455 g/mol. The first-order chi connectivity index (χ1) is 15.4. The van der Waals surface area contributed by atoms with Crippen LogP contribution in [-0.4, -0.2) is 60.8 Å². The maximum Gasteiger partial charge on any atom is 0.225 e. The third-order valence-electron chi connectivity index (χ3n) is 6.15. The Bertz CT molecular complexity index is 1110. The zero-order chi connectivity index (χ0) is 22.6. The number of hydrogen-bond acceptors (Lipinski definition) is 7. The molecule has 32 heavy (non-hydrogen) atoms. The first-order valence-electron chi connectivity index (χ1n) is 11.0. The number of hydrogen-bond donors (Lipinski definition) is 0. The molecule has 0 radical (unpaired) electrons. The smallest absolute Gasteiger partial charge is 0.225 e. The lowest BCUT2D eigenvalue weighted by Gasteiger charge is -2.35. The third-order valence-corrected chi connectivity index (χ3v) is 8.70. The molecule has 0 spiro atoms. The Morgan fingerprint density at radius 2 is 1.78 bits per heavy atom. The molecular weight excluding hydrogens is 424 g/mol. The Balaban J connectivity index is 1.28. The van der Waals surface area contributed by atoms with Crippen LogP contribution in [0.3, 0.4) is 0 Å². The second-order valence-electron chi connectivity index (χ2n) is 8.76. The number of sulfone groups is 1. The van der Waals surface area contributed by atoms with Gasteiger partial charge in [0, 0.05) is 37.9 Å². The van der Waals surface area contributed by atoms with Crippen molar-refractivity contribution < 1.29 is 12.8 Å². The number of piperazine rings is 1. The zero-order valence-electron chi connectivity index (χ0n) is 18.6. The molecule has 1 fully saturated rings. The zero-order valence-corrected chi connectivity index (χ0v) is 19.5. The number of aromatic nitrogens is 2. The predicted octanol–water partition coefficient (Wildman–Crippen LogP) is 3.89. The van der Waals surface area contributed by atoms with Gasteiger partial charge in [-0.3, -0.25) is 4.90 Å². The van der Waals surface area contributed by atoms with Crippen LogP contribution in [-0.2, 0) is 9.84 Å². The summed E-state index contributed by atoms with van der Waals surface area (Å²) in [4.78, 5) is 14.1. The number of anilines is 1. The lowest BCUT2D eigenvalue weighted by atomic mass is 10.1. The molecule has 0 saturated carbocycles. The van der Waals surface area contributed by atoms with Gasteiger partial charge < -0.3 is 9.32 Å². The molecule has 0 atom stereocenters. The van der Waals surface area contributed by atoms with E-state index in [1.807, 2.05) is 32.0 Å². The maximum atomic E-state index is 13.0. The van der Waals surface area contributed by atoms with Gasteiger partial charge >= 0.3 is 0 Å². The van der Waals surface area contributed by atoms with E-state index >= 15 is 0 Å². The van der Waals surface area contributed by atoms with E-state index in [1.165, 1.54) is 0 Å². The van der Waals surface area contributed by atoms with Gasteiger partial charge in [-0.25, -0.2) is 18.4 Å². The fourth-order valence-electron chi connectivity index (χ4n) is 4.02. The number of furan rings is 1. The molecule has 0 unspecified atom stereocenters. The highest BCUT2D eigenvalue weighted by Gasteiger charge is 2.35. The fraction of sp³-hybridized carbons (Fsp3) is 0.417. The van der Waals surface area contributed by atoms with E-state index in [9.17, 15) is 8.42 Å². The summed E-state index contributed by atoms with van der Waals surface area (Å²) in [6.07, 6.45) is 6.57. The monoisotopic (exact) mass is 454 g/mol. The van der Waals surface area contributed by atoms with Gasteiger partial charge in [-0.05, 0) is 57.5 Å². The van der Waals surface area contributed by atoms with Gasteiger partial charge in [0.2, 0.25) is 5.95 Å². The lowest BCUT2D eigenvalue weighted by molar-refractivity contribution is 0.248. The Morgan fingerprint density at radius 3 is 2.47 bits per heavy atom. The summed E-state index contributed by atoms with van der Waals surface area (Å²) in [6.45, 7) is 8.06. The summed E-state index contributed by atoms with van der Waals surface area (Å²) >= 11 is 0. The van der Waals surface area contributed by atoms with E-state index in [4.69, 9.17) is 4.42 Å². The summed E-state index contributed by atoms with van der Waals surface area (Å²) in [7, 11) is -3.36. The minimum Gasteiger partial charge on any atom is -0.472 e. The van der Waals surface area contributed by atoms with Gasteiger partial charge in [0.05, 0.1) is 27.9 Å². The molecule has 3 aromatic rings. The molecule has 1 aliphatic rings. The van der Waals surface area contributed by atoms with E-state index in [-0.39, 0.29) is 0 Å². The molecule has 0 bridgehead atoms. The molecule has 0 aliphatic carbocycles. The minimum atomic E-state index is -3.36. The standard InChI is InChI=1S/C24H30N4O3S/c1-24(2,32(29,30)21-7-4-3-5-8-21)11-6-13-27-14-16-28(17-15-27)23-25-12-9-22(26-23)20-10-18-31-19-20/h3-5,7-10,12,18-19H,6,11,13-17H2,1-2H3. The van der Waals surface area contributed by atoms with Crippen molar-refractivity contribution in [2.45, 2.75) is 36.3 Å². The van der Waals surface area contributed by atoms with Crippen molar-refractivity contribution in [2.75, 3.05) is 37.6 Å². The summed E-state index contributed by atoms with van der Waals surface area (Å²) < 4.78 is 30.4. The first-order valence-corrected chi connectivity index (χ1v) is 12.5. The van der Waals surface area contributed by atoms with Crippen molar-refractivity contribution in [3.8, 4) is 11.3 Å². The van der Waals surface area contributed by atoms with Crippen LogP contribution in [0.2, 0.25) is 0 Å². The number of benzene rings is 1. The van der Waals surface area contributed by atoms with Crippen molar-refractivity contribution in [3.63, 3.8) is 0 Å². The highest BCUT2D eigenvalue weighted by molar-refractivity contribution is 7.92. The fourth-order valence-corrected chi connectivity index (χ4v) is 5.59. The van der Waals surface area contributed by atoms with Crippen LogP contribution in [0.4, 0.5) is 5.95 Å². The van der Waals surface area contributed by atoms with E-state index < -0.39 is 14.6 Å². The second kappa shape index (κ2) is 9.42. The first kappa shape index (κ1) is 22.5. The highest BCUT2D eigenvalue weighted by atomic mass is 32.2. The van der Waals surface area contributed by atoms with Crippen LogP contribution in [0, 0.1) is 0 Å². The van der Waals surface area contributed by atoms with Gasteiger partial charge in [0.15, 0.2) is 9.84 Å². The SMILES string of the molecule is CC(C)(CCCN1CCN(c2nccc(-c3ccoc3)n2)CC1)S(=O)(=O)c1ccccc1. The molecule has 0 amide bonds. The molecule has 2 aromatic heterocycles. The van der Waals surface area contributed by atoms with E-state index in [0.29, 0.717) is 11.3 Å². The van der Waals surface area contributed by atoms with Gasteiger partial charge in [-0.2, -0.15) is 0 Å². The topological polar surface area (TPSA) is 79.5 Å². The normalized spacial score (nSPS) is 15.8. The van der Waals surface area contributed by atoms with Gasteiger partial charge in [0.1, 0.15) is 0 Å². The molecule has 3 heterocycles. The van der Waals surface area contributed by atoms with Crippen molar-refractivity contribution in [2.24, 2.45) is 0 Å². The molecule has 8 heteroatoms. The van der Waals surface area contributed by atoms with Crippen molar-refractivity contribution in [1.82, 2.24) is 14.9 Å². The molecule has 0 N–H and O–H groups in total. The largest absolute Gasteiger partial charge is 0.472 e. The van der Waals surface area contributed by atoms with E-state index in [2.05, 4.69) is 19.8 Å². The summed E-state index contributed by atoms with van der Waals surface area (Å²) in [5, 5.41) is 0. The van der Waals surface area contributed by atoms with Gasteiger partial charge in [-0.1, -0.05) is 18.2 Å². The van der Waals surface area contributed by atoms with Crippen LogP contribution in [0.5, 0.6) is 0 Å². The summed E-state index contributed by atoms with van der Waals surface area (Å²) in [6, 6.07) is 12.5. The highest BCUT2D eigenvalue weighted by Crippen LogP contribution is 2.29. The summed E-state index contributed by atoms with van der Waals surface area (Å²) in [5.74, 6) is 0.735. The molecular formula is C24H30N4O3S. The Kier molecular flexibility index (Phi) is 6.62. The Hall–Kier alpha value is -2.71. The average Bonchev–Trinajstić information content (AvgIpc) is 3.35. The van der Waals surface area contributed by atoms with Crippen molar-refractivity contribution in [3.05, 3.63) is 61.2 Å². The van der Waals surface area contributed by atoms with E-state index in [0.717, 1.165) is 56.4 Å². The molecule has 1 aliphatic heterocycles. The van der Waals surface area contributed by atoms with Crippen LogP contribution in [0.1, 0.15) is 26.7 Å². The third kappa shape index (κ3) is 4.86. The minimum absolute atomic E-state index is 0.399. The predicted molar refractivity (Wildman–Crippen MR) is 125 cm³/mol. The number of nitrogens with zero attached hydrogens (tertiary/aromatic N) is 4. The van der Waals surface area contributed by atoms with Crippen LogP contribution in [0.25, 0.3) is 11.3 Å². The van der Waals surface area contributed by atoms with Gasteiger partial charge in [-0.15, -0.1) is 0 Å². The second-order valence-corrected chi connectivity index (χ2v) is 11.3. The van der Waals surface area contributed by atoms with Crippen LogP contribution >= 0.6 is 0 Å². The lowest BCUT2D eigenvalue weighted by Crippen LogP contribution is -2.47. The summed E-state index contributed by atoms with van der Waals surface area (Å²) in [5.41, 5.74) is 1.80. The quantitative estimate of drug-likeness (QED) is 0.511. The van der Waals surface area contributed by atoms with Crippen molar-refractivity contribution in [1.29, 1.82) is 0 Å². The Morgan fingerprint density at radius 1 is 1.03 bits per heavy atom. The number of rotatable bonds is 8.